The van der Waals surface area contributed by atoms with Gasteiger partial charge in [0.05, 0.1) is 10.7 Å². The molecule has 4 heteroatoms. The van der Waals surface area contributed by atoms with Gasteiger partial charge in [-0.3, -0.25) is 4.90 Å². The average molecular weight is 310 g/mol. The van der Waals surface area contributed by atoms with Crippen LogP contribution in [0.1, 0.15) is 32.8 Å². The van der Waals surface area contributed by atoms with Crippen molar-refractivity contribution in [1.82, 2.24) is 10.2 Å². The fourth-order valence-corrected chi connectivity index (χ4v) is 3.09. The van der Waals surface area contributed by atoms with E-state index in [1.807, 2.05) is 0 Å². The number of rotatable bonds is 5. The van der Waals surface area contributed by atoms with Crippen LogP contribution >= 0.6 is 11.6 Å². The molecule has 1 heterocycles. The monoisotopic (exact) mass is 309 g/mol. The molecular weight excluding hydrogens is 282 g/mol. The van der Waals surface area contributed by atoms with E-state index in [0.717, 1.165) is 49.9 Å². The Morgan fingerprint density at radius 2 is 2.05 bits per heavy atom. The topological polar surface area (TPSA) is 18.5 Å². The lowest BCUT2D eigenvalue weighted by molar-refractivity contribution is 0.139. The molecule has 0 aromatic heterocycles. The number of anilines is 1. The SMILES string of the molecule is CCCNCc1ccc(N2CCN(C)C(C)(C)C2)c(Cl)c1. The number of likely N-dealkylation sites (N-methyl/N-ethyl adjacent to an activating group) is 1. The first-order valence-corrected chi connectivity index (χ1v) is 8.27. The second-order valence-electron chi connectivity index (χ2n) is 6.62. The van der Waals surface area contributed by atoms with Gasteiger partial charge in [-0.15, -0.1) is 0 Å². The largest absolute Gasteiger partial charge is 0.367 e. The molecule has 2 rings (SSSR count). The van der Waals surface area contributed by atoms with Crippen LogP contribution in [0.4, 0.5) is 5.69 Å². The Kier molecular flexibility index (Phi) is 5.53. The van der Waals surface area contributed by atoms with Crippen LogP contribution in [0, 0.1) is 0 Å². The Morgan fingerprint density at radius 1 is 1.29 bits per heavy atom. The molecule has 0 bridgehead atoms. The van der Waals surface area contributed by atoms with Crippen LogP contribution < -0.4 is 10.2 Å². The van der Waals surface area contributed by atoms with Gasteiger partial charge in [0.15, 0.2) is 0 Å². The summed E-state index contributed by atoms with van der Waals surface area (Å²) in [5, 5.41) is 4.28. The van der Waals surface area contributed by atoms with Crippen LogP contribution in [0.3, 0.4) is 0 Å². The Bertz CT molecular complexity index is 473. The molecule has 1 aromatic rings. The standard InChI is InChI=1S/C17H28ClN3/c1-5-8-19-12-14-6-7-16(15(18)11-14)21-10-9-20(4)17(2,3)13-21/h6-7,11,19H,5,8-10,12-13H2,1-4H3. The summed E-state index contributed by atoms with van der Waals surface area (Å²) in [6, 6.07) is 6.47. The Balaban J connectivity index is 2.07. The van der Waals surface area contributed by atoms with Crippen molar-refractivity contribution in [2.45, 2.75) is 39.3 Å². The lowest BCUT2D eigenvalue weighted by Gasteiger charge is -2.46. The van der Waals surface area contributed by atoms with Crippen LogP contribution in [0.25, 0.3) is 0 Å². The summed E-state index contributed by atoms with van der Waals surface area (Å²) < 4.78 is 0. The zero-order chi connectivity index (χ0) is 15.5. The van der Waals surface area contributed by atoms with Crippen molar-refractivity contribution >= 4 is 17.3 Å². The molecule has 0 amide bonds. The smallest absolute Gasteiger partial charge is 0.0642 e. The summed E-state index contributed by atoms with van der Waals surface area (Å²) in [5.41, 5.74) is 2.60. The van der Waals surface area contributed by atoms with Crippen molar-refractivity contribution in [1.29, 1.82) is 0 Å². The predicted molar refractivity (Wildman–Crippen MR) is 92.4 cm³/mol. The molecule has 0 aliphatic carbocycles. The first kappa shape index (κ1) is 16.6. The Morgan fingerprint density at radius 3 is 2.67 bits per heavy atom. The molecular formula is C17H28ClN3. The third-order valence-electron chi connectivity index (χ3n) is 4.43. The zero-order valence-electron chi connectivity index (χ0n) is 13.7. The first-order chi connectivity index (χ1) is 9.94. The van der Waals surface area contributed by atoms with Gasteiger partial charge in [0.2, 0.25) is 0 Å². The molecule has 1 aliphatic heterocycles. The average Bonchev–Trinajstić information content (AvgIpc) is 2.42. The first-order valence-electron chi connectivity index (χ1n) is 7.89. The Hall–Kier alpha value is -0.770. The van der Waals surface area contributed by atoms with Gasteiger partial charge in [0, 0.05) is 31.7 Å². The van der Waals surface area contributed by atoms with Crippen molar-refractivity contribution in [2.24, 2.45) is 0 Å². The van der Waals surface area contributed by atoms with E-state index in [0.29, 0.717) is 0 Å². The highest BCUT2D eigenvalue weighted by molar-refractivity contribution is 6.33. The fraction of sp³-hybridized carbons (Fsp3) is 0.647. The van der Waals surface area contributed by atoms with Crippen molar-refractivity contribution in [2.75, 3.05) is 38.1 Å². The van der Waals surface area contributed by atoms with Crippen LogP contribution in [0.15, 0.2) is 18.2 Å². The third kappa shape index (κ3) is 4.12. The third-order valence-corrected chi connectivity index (χ3v) is 4.73. The van der Waals surface area contributed by atoms with E-state index in [1.54, 1.807) is 0 Å². The summed E-state index contributed by atoms with van der Waals surface area (Å²) in [6.45, 7) is 11.8. The number of piperazine rings is 1. The fourth-order valence-electron chi connectivity index (χ4n) is 2.77. The highest BCUT2D eigenvalue weighted by Gasteiger charge is 2.31. The van der Waals surface area contributed by atoms with Gasteiger partial charge < -0.3 is 10.2 Å². The summed E-state index contributed by atoms with van der Waals surface area (Å²) >= 11 is 6.52. The summed E-state index contributed by atoms with van der Waals surface area (Å²) in [5.74, 6) is 0. The number of hydrogen-bond donors (Lipinski definition) is 1. The maximum Gasteiger partial charge on any atom is 0.0642 e. The van der Waals surface area contributed by atoms with Crippen molar-refractivity contribution in [3.63, 3.8) is 0 Å². The summed E-state index contributed by atoms with van der Waals surface area (Å²) in [6.07, 6.45) is 1.15. The molecule has 21 heavy (non-hydrogen) atoms. The van der Waals surface area contributed by atoms with Crippen LogP contribution in [-0.4, -0.2) is 43.7 Å². The van der Waals surface area contributed by atoms with E-state index in [9.17, 15) is 0 Å². The highest BCUT2D eigenvalue weighted by atomic mass is 35.5. The van der Waals surface area contributed by atoms with Gasteiger partial charge in [0.1, 0.15) is 0 Å². The molecule has 0 radical (unpaired) electrons. The van der Waals surface area contributed by atoms with E-state index in [4.69, 9.17) is 11.6 Å². The number of hydrogen-bond acceptors (Lipinski definition) is 3. The van der Waals surface area contributed by atoms with Gasteiger partial charge in [-0.1, -0.05) is 24.6 Å². The molecule has 1 N–H and O–H groups in total. The highest BCUT2D eigenvalue weighted by Crippen LogP contribution is 2.31. The maximum absolute atomic E-state index is 6.52. The van der Waals surface area contributed by atoms with Gasteiger partial charge in [-0.05, 0) is 51.6 Å². The van der Waals surface area contributed by atoms with Crippen LogP contribution in [-0.2, 0) is 6.54 Å². The molecule has 1 saturated heterocycles. The van der Waals surface area contributed by atoms with E-state index in [1.165, 1.54) is 5.56 Å². The van der Waals surface area contributed by atoms with E-state index >= 15 is 0 Å². The van der Waals surface area contributed by atoms with E-state index in [2.05, 4.69) is 61.1 Å². The van der Waals surface area contributed by atoms with Gasteiger partial charge in [-0.25, -0.2) is 0 Å². The van der Waals surface area contributed by atoms with Gasteiger partial charge >= 0.3 is 0 Å². The van der Waals surface area contributed by atoms with E-state index in [-0.39, 0.29) is 5.54 Å². The summed E-state index contributed by atoms with van der Waals surface area (Å²) in [7, 11) is 2.20. The van der Waals surface area contributed by atoms with Gasteiger partial charge in [0.25, 0.3) is 0 Å². The second-order valence-corrected chi connectivity index (χ2v) is 7.03. The minimum Gasteiger partial charge on any atom is -0.367 e. The maximum atomic E-state index is 6.52. The number of benzene rings is 1. The molecule has 118 valence electrons. The molecule has 0 atom stereocenters. The minimum atomic E-state index is 0.183. The van der Waals surface area contributed by atoms with E-state index < -0.39 is 0 Å². The van der Waals surface area contributed by atoms with Crippen LogP contribution in [0.5, 0.6) is 0 Å². The Labute approximate surface area is 134 Å². The number of nitrogens with one attached hydrogen (secondary N) is 1. The molecule has 1 aromatic carbocycles. The normalized spacial score (nSPS) is 19.0. The number of nitrogens with zero attached hydrogens (tertiary/aromatic N) is 2. The quantitative estimate of drug-likeness (QED) is 0.841. The lowest BCUT2D eigenvalue weighted by atomic mass is 9.99. The van der Waals surface area contributed by atoms with Crippen LogP contribution in [0.2, 0.25) is 5.02 Å². The molecule has 1 fully saturated rings. The van der Waals surface area contributed by atoms with Crippen molar-refractivity contribution in [3.05, 3.63) is 28.8 Å². The molecule has 0 spiro atoms. The minimum absolute atomic E-state index is 0.183. The summed E-state index contributed by atoms with van der Waals surface area (Å²) in [4.78, 5) is 4.83. The molecule has 0 unspecified atom stereocenters. The molecule has 3 nitrogen and oxygen atoms in total. The van der Waals surface area contributed by atoms with Gasteiger partial charge in [-0.2, -0.15) is 0 Å². The number of halogens is 1. The zero-order valence-corrected chi connectivity index (χ0v) is 14.5. The second kappa shape index (κ2) is 6.99. The van der Waals surface area contributed by atoms with Crippen molar-refractivity contribution < 1.29 is 0 Å². The van der Waals surface area contributed by atoms with Crippen molar-refractivity contribution in [3.8, 4) is 0 Å². The molecule has 0 saturated carbocycles. The molecule has 1 aliphatic rings. The predicted octanol–water partition coefficient (Wildman–Crippen LogP) is 3.37. The lowest BCUT2D eigenvalue weighted by Crippen LogP contribution is -2.57.